The molecule has 0 spiro atoms. The Bertz CT molecular complexity index is 495. The Hall–Kier alpha value is -0.910. The molecule has 2 aromatic rings. The quantitative estimate of drug-likeness (QED) is 0.865. The molecule has 0 fully saturated rings. The summed E-state index contributed by atoms with van der Waals surface area (Å²) in [4.78, 5) is 4.25. The van der Waals surface area contributed by atoms with E-state index in [1.165, 1.54) is 0 Å². The van der Waals surface area contributed by atoms with Crippen LogP contribution in [0.4, 0.5) is 0 Å². The number of aliphatic hydroxyl groups excluding tert-OH is 1. The Labute approximate surface area is 95.8 Å². The number of rotatable bonds is 2. The molecule has 1 unspecified atom stereocenters. The van der Waals surface area contributed by atoms with Gasteiger partial charge in [-0.3, -0.25) is 0 Å². The molecule has 0 saturated carbocycles. The van der Waals surface area contributed by atoms with Gasteiger partial charge in [-0.1, -0.05) is 15.9 Å². The van der Waals surface area contributed by atoms with Gasteiger partial charge in [-0.05, 0) is 17.7 Å². The number of imidazole rings is 1. The van der Waals surface area contributed by atoms with Crippen LogP contribution in [0.25, 0.3) is 11.0 Å². The summed E-state index contributed by atoms with van der Waals surface area (Å²) in [6.07, 6.45) is 1.74. The smallest absolute Gasteiger partial charge is 0.0955 e. The van der Waals surface area contributed by atoms with Crippen molar-refractivity contribution >= 4 is 27.0 Å². The number of benzene rings is 1. The zero-order valence-electron chi connectivity index (χ0n) is 8.31. The third-order valence-corrected chi connectivity index (χ3v) is 2.86. The molecule has 5 heteroatoms. The van der Waals surface area contributed by atoms with Gasteiger partial charge in [0.1, 0.15) is 0 Å². The first-order chi connectivity index (χ1) is 7.13. The zero-order valence-corrected chi connectivity index (χ0v) is 9.90. The molecule has 0 aliphatic heterocycles. The maximum atomic E-state index is 9.10. The molecule has 0 radical (unpaired) electrons. The third kappa shape index (κ3) is 1.78. The van der Waals surface area contributed by atoms with Gasteiger partial charge in [0.25, 0.3) is 0 Å². The van der Waals surface area contributed by atoms with Crippen molar-refractivity contribution in [3.63, 3.8) is 0 Å². The minimum absolute atomic E-state index is 0.0727. The topological polar surface area (TPSA) is 64.1 Å². The standard InChI is InChI=1S/C10H12BrN3O/c1-14-5-13-9-3-6(11)2-7(10(9)14)8(12)4-15/h2-3,5,8,15H,4,12H2,1H3. The lowest BCUT2D eigenvalue weighted by molar-refractivity contribution is 0.268. The highest BCUT2D eigenvalue weighted by molar-refractivity contribution is 9.10. The number of aliphatic hydroxyl groups is 1. The van der Waals surface area contributed by atoms with Crippen LogP contribution < -0.4 is 5.73 Å². The summed E-state index contributed by atoms with van der Waals surface area (Å²) in [5.74, 6) is 0. The largest absolute Gasteiger partial charge is 0.394 e. The molecule has 3 N–H and O–H groups in total. The van der Waals surface area contributed by atoms with E-state index in [9.17, 15) is 0 Å². The van der Waals surface area contributed by atoms with Crippen molar-refractivity contribution in [1.29, 1.82) is 0 Å². The second kappa shape index (κ2) is 3.92. The van der Waals surface area contributed by atoms with E-state index < -0.39 is 0 Å². The van der Waals surface area contributed by atoms with Gasteiger partial charge in [0.05, 0.1) is 30.0 Å². The molecule has 4 nitrogen and oxygen atoms in total. The highest BCUT2D eigenvalue weighted by Crippen LogP contribution is 2.26. The predicted molar refractivity (Wildman–Crippen MR) is 62.4 cm³/mol. The number of nitrogens with zero attached hydrogens (tertiary/aromatic N) is 2. The normalized spacial score (nSPS) is 13.3. The lowest BCUT2D eigenvalue weighted by Gasteiger charge is -2.11. The molecule has 0 bridgehead atoms. The summed E-state index contributed by atoms with van der Waals surface area (Å²) >= 11 is 3.40. The Morgan fingerprint density at radius 3 is 3.00 bits per heavy atom. The molecular formula is C10H12BrN3O. The van der Waals surface area contributed by atoms with E-state index >= 15 is 0 Å². The number of aryl methyl sites for hydroxylation is 1. The highest BCUT2D eigenvalue weighted by atomic mass is 79.9. The molecule has 0 aliphatic rings. The molecule has 2 rings (SSSR count). The summed E-state index contributed by atoms with van der Waals surface area (Å²) in [6.45, 7) is -0.0727. The fraction of sp³-hybridized carbons (Fsp3) is 0.300. The number of fused-ring (bicyclic) bond motifs is 1. The average molecular weight is 270 g/mol. The van der Waals surface area contributed by atoms with Crippen molar-refractivity contribution in [3.05, 3.63) is 28.5 Å². The van der Waals surface area contributed by atoms with Crippen molar-refractivity contribution in [1.82, 2.24) is 9.55 Å². The van der Waals surface area contributed by atoms with Crippen molar-refractivity contribution < 1.29 is 5.11 Å². The number of hydrogen-bond donors (Lipinski definition) is 2. The molecule has 1 atom stereocenters. The van der Waals surface area contributed by atoms with Gasteiger partial charge in [-0.25, -0.2) is 4.98 Å². The van der Waals surface area contributed by atoms with Gasteiger partial charge in [0.15, 0.2) is 0 Å². The third-order valence-electron chi connectivity index (χ3n) is 2.40. The minimum atomic E-state index is -0.375. The molecule has 0 saturated heterocycles. The SMILES string of the molecule is Cn1cnc2cc(Br)cc(C(N)CO)c21. The van der Waals surface area contributed by atoms with E-state index in [0.29, 0.717) is 0 Å². The first-order valence-electron chi connectivity index (χ1n) is 4.60. The Kier molecular flexibility index (Phi) is 2.77. The number of halogens is 1. The second-order valence-corrected chi connectivity index (χ2v) is 4.42. The summed E-state index contributed by atoms with van der Waals surface area (Å²) in [6, 6.07) is 3.48. The van der Waals surface area contributed by atoms with Crippen LogP contribution in [-0.4, -0.2) is 21.3 Å². The van der Waals surface area contributed by atoms with Crippen LogP contribution in [0.3, 0.4) is 0 Å². The fourth-order valence-corrected chi connectivity index (χ4v) is 2.14. The first-order valence-corrected chi connectivity index (χ1v) is 5.39. The van der Waals surface area contributed by atoms with E-state index in [-0.39, 0.29) is 12.6 Å². The first kappa shape index (κ1) is 10.6. The van der Waals surface area contributed by atoms with Gasteiger partial charge in [0, 0.05) is 11.5 Å². The van der Waals surface area contributed by atoms with Gasteiger partial charge in [-0.15, -0.1) is 0 Å². The number of aromatic nitrogens is 2. The van der Waals surface area contributed by atoms with Gasteiger partial charge >= 0.3 is 0 Å². The van der Waals surface area contributed by atoms with Crippen molar-refractivity contribution in [2.24, 2.45) is 12.8 Å². The summed E-state index contributed by atoms with van der Waals surface area (Å²) in [7, 11) is 1.91. The van der Waals surface area contributed by atoms with Gasteiger partial charge in [0.2, 0.25) is 0 Å². The van der Waals surface area contributed by atoms with E-state index in [1.54, 1.807) is 6.33 Å². The van der Waals surface area contributed by atoms with Crippen molar-refractivity contribution in [2.45, 2.75) is 6.04 Å². The Morgan fingerprint density at radius 1 is 1.60 bits per heavy atom. The Balaban J connectivity index is 2.74. The van der Waals surface area contributed by atoms with Crippen LogP contribution in [0.15, 0.2) is 22.9 Å². The highest BCUT2D eigenvalue weighted by Gasteiger charge is 2.13. The molecular weight excluding hydrogens is 258 g/mol. The second-order valence-electron chi connectivity index (χ2n) is 3.51. The van der Waals surface area contributed by atoms with Crippen LogP contribution in [0.2, 0.25) is 0 Å². The van der Waals surface area contributed by atoms with E-state index in [2.05, 4.69) is 20.9 Å². The van der Waals surface area contributed by atoms with Crippen LogP contribution in [-0.2, 0) is 7.05 Å². The number of nitrogens with two attached hydrogens (primary N) is 1. The lowest BCUT2D eigenvalue weighted by Crippen LogP contribution is -2.15. The summed E-state index contributed by atoms with van der Waals surface area (Å²) in [5.41, 5.74) is 8.60. The van der Waals surface area contributed by atoms with E-state index in [4.69, 9.17) is 10.8 Å². The van der Waals surface area contributed by atoms with Crippen LogP contribution in [0, 0.1) is 0 Å². The fourth-order valence-electron chi connectivity index (χ4n) is 1.68. The molecule has 1 heterocycles. The van der Waals surface area contributed by atoms with Crippen LogP contribution in [0.5, 0.6) is 0 Å². The molecule has 15 heavy (non-hydrogen) atoms. The van der Waals surface area contributed by atoms with Crippen molar-refractivity contribution in [2.75, 3.05) is 6.61 Å². The van der Waals surface area contributed by atoms with E-state index in [0.717, 1.165) is 21.1 Å². The molecule has 0 aliphatic carbocycles. The summed E-state index contributed by atoms with van der Waals surface area (Å²) in [5, 5.41) is 9.10. The summed E-state index contributed by atoms with van der Waals surface area (Å²) < 4.78 is 2.83. The van der Waals surface area contributed by atoms with Crippen LogP contribution >= 0.6 is 15.9 Å². The van der Waals surface area contributed by atoms with Crippen LogP contribution in [0.1, 0.15) is 11.6 Å². The monoisotopic (exact) mass is 269 g/mol. The van der Waals surface area contributed by atoms with Crippen molar-refractivity contribution in [3.8, 4) is 0 Å². The van der Waals surface area contributed by atoms with Gasteiger partial charge in [-0.2, -0.15) is 0 Å². The van der Waals surface area contributed by atoms with Gasteiger partial charge < -0.3 is 15.4 Å². The predicted octanol–water partition coefficient (Wildman–Crippen LogP) is 1.33. The molecule has 80 valence electrons. The lowest BCUT2D eigenvalue weighted by atomic mass is 10.1. The maximum absolute atomic E-state index is 9.10. The molecule has 1 aromatic carbocycles. The molecule has 0 amide bonds. The van der Waals surface area contributed by atoms with E-state index in [1.807, 2.05) is 23.7 Å². The zero-order chi connectivity index (χ0) is 11.0. The average Bonchev–Trinajstić information content (AvgIpc) is 2.58. The molecule has 1 aromatic heterocycles. The minimum Gasteiger partial charge on any atom is -0.394 e. The maximum Gasteiger partial charge on any atom is 0.0955 e. The number of hydrogen-bond acceptors (Lipinski definition) is 3. The Morgan fingerprint density at radius 2 is 2.33 bits per heavy atom.